The lowest BCUT2D eigenvalue weighted by Gasteiger charge is -2.31. The van der Waals surface area contributed by atoms with Crippen LogP contribution in [0.5, 0.6) is 23.0 Å². The van der Waals surface area contributed by atoms with Gasteiger partial charge in [0.15, 0.2) is 29.2 Å². The van der Waals surface area contributed by atoms with Crippen molar-refractivity contribution in [2.75, 3.05) is 32.3 Å². The zero-order valence-corrected chi connectivity index (χ0v) is 31.7. The average molecular weight is 751 g/mol. The number of nitrogens with zero attached hydrogens (tertiary/aromatic N) is 4. The van der Waals surface area contributed by atoms with Gasteiger partial charge >= 0.3 is 6.09 Å². The van der Waals surface area contributed by atoms with Gasteiger partial charge in [-0.3, -0.25) is 14.6 Å². The van der Waals surface area contributed by atoms with Gasteiger partial charge in [-0.25, -0.2) is 9.69 Å². The predicted molar refractivity (Wildman–Crippen MR) is 205 cm³/mol. The van der Waals surface area contributed by atoms with E-state index in [9.17, 15) is 19.5 Å². The molecule has 4 heterocycles. The summed E-state index contributed by atoms with van der Waals surface area (Å²) in [6.45, 7) is 6.56. The minimum absolute atomic E-state index is 0.00984. The van der Waals surface area contributed by atoms with Gasteiger partial charge in [0, 0.05) is 30.7 Å². The minimum Gasteiger partial charge on any atom is -0.493 e. The molecule has 288 valence electrons. The van der Waals surface area contributed by atoms with Gasteiger partial charge in [-0.05, 0) is 70.6 Å². The van der Waals surface area contributed by atoms with E-state index in [1.807, 2.05) is 57.5 Å². The molecule has 0 aromatic heterocycles. The lowest BCUT2D eigenvalue weighted by atomic mass is 10.1. The number of hydrogen-bond acceptors (Lipinski definition) is 10. The van der Waals surface area contributed by atoms with Crippen LogP contribution in [0.2, 0.25) is 0 Å². The number of amides is 3. The minimum atomic E-state index is -1.38. The smallest absolute Gasteiger partial charge is 0.416 e. The zero-order chi connectivity index (χ0) is 38.8. The Morgan fingerprint density at radius 1 is 0.782 bits per heavy atom. The highest BCUT2D eigenvalue weighted by Crippen LogP contribution is 2.42. The number of methoxy groups -OCH3 is 2. The third-order valence-corrected chi connectivity index (χ3v) is 10.2. The first-order valence-electron chi connectivity index (χ1n) is 18.5. The number of anilines is 1. The summed E-state index contributed by atoms with van der Waals surface area (Å²) in [5.41, 5.74) is 5.26. The second-order valence-corrected chi connectivity index (χ2v) is 14.3. The van der Waals surface area contributed by atoms with Gasteiger partial charge < -0.3 is 38.6 Å². The van der Waals surface area contributed by atoms with E-state index in [-0.39, 0.29) is 35.7 Å². The van der Waals surface area contributed by atoms with E-state index in [2.05, 4.69) is 4.99 Å². The number of unbranched alkanes of at least 4 members (excludes halogenated alkanes) is 2. The molecule has 3 aromatic carbocycles. The van der Waals surface area contributed by atoms with E-state index in [4.69, 9.17) is 23.7 Å². The van der Waals surface area contributed by atoms with Crippen LogP contribution in [0.4, 0.5) is 16.2 Å². The quantitative estimate of drug-likeness (QED) is 0.193. The summed E-state index contributed by atoms with van der Waals surface area (Å²) < 4.78 is 29.2. The number of fused-ring (bicyclic) bond motifs is 4. The molecule has 0 aliphatic carbocycles. The van der Waals surface area contributed by atoms with Crippen molar-refractivity contribution < 1.29 is 43.2 Å². The van der Waals surface area contributed by atoms with E-state index in [1.165, 1.54) is 12.0 Å². The van der Waals surface area contributed by atoms with Crippen LogP contribution in [0.3, 0.4) is 0 Å². The van der Waals surface area contributed by atoms with Crippen molar-refractivity contribution in [3.63, 3.8) is 0 Å². The Kier molecular flexibility index (Phi) is 10.8. The largest absolute Gasteiger partial charge is 0.493 e. The highest BCUT2D eigenvalue weighted by Gasteiger charge is 2.45. The van der Waals surface area contributed by atoms with Crippen molar-refractivity contribution in [1.29, 1.82) is 0 Å². The molecule has 7 rings (SSSR count). The van der Waals surface area contributed by atoms with Crippen molar-refractivity contribution in [2.24, 2.45) is 4.99 Å². The number of aryl methyl sites for hydroxylation is 1. The number of aliphatic hydroxyl groups is 1. The molecule has 0 radical (unpaired) electrons. The number of hydrogen-bond donors (Lipinski definition) is 1. The summed E-state index contributed by atoms with van der Waals surface area (Å²) in [5, 5.41) is 11.6. The molecular weight excluding hydrogens is 704 g/mol. The monoisotopic (exact) mass is 750 g/mol. The molecule has 0 saturated heterocycles. The number of ether oxygens (including phenoxy) is 5. The molecule has 3 aromatic rings. The normalized spacial score (nSPS) is 19.7. The molecular formula is C42H46N4O9. The van der Waals surface area contributed by atoms with Gasteiger partial charge in [-0.15, -0.1) is 0 Å². The third kappa shape index (κ3) is 7.61. The van der Waals surface area contributed by atoms with E-state index < -0.39 is 18.4 Å². The summed E-state index contributed by atoms with van der Waals surface area (Å²) in [4.78, 5) is 49.8. The van der Waals surface area contributed by atoms with E-state index >= 15 is 0 Å². The number of aliphatic imine (C=N–C) groups is 1. The Morgan fingerprint density at radius 2 is 1.40 bits per heavy atom. The standard InChI is InChI=1S/C42H46N4O9/c1-25-9-11-28(12-10-25)24-55-42(50)46-33-20-38(36(52-5)18-31(33)40(48)45-23-27(3)16-34(45)41(46)49)54-14-8-6-7-13-53-37-19-32-30(17-35(37)51-4)39(47)44-22-26(2)15-29(44)21-43-32/h9-12,17-23,29,34,41,49H,6-8,13-16,24H2,1-5H3/t29-,34-,41-/m0/s1. The Hall–Kier alpha value is -5.82. The van der Waals surface area contributed by atoms with Gasteiger partial charge in [0.25, 0.3) is 11.8 Å². The lowest BCUT2D eigenvalue weighted by molar-refractivity contribution is 0.0544. The third-order valence-electron chi connectivity index (χ3n) is 10.2. The molecule has 3 atom stereocenters. The maximum Gasteiger partial charge on any atom is 0.416 e. The van der Waals surface area contributed by atoms with Gasteiger partial charge in [0.05, 0.1) is 62.0 Å². The topological polar surface area (TPSA) is 140 Å². The molecule has 3 amide bonds. The van der Waals surface area contributed by atoms with Gasteiger partial charge in [-0.2, -0.15) is 0 Å². The van der Waals surface area contributed by atoms with Crippen molar-refractivity contribution in [3.8, 4) is 23.0 Å². The zero-order valence-electron chi connectivity index (χ0n) is 31.7. The van der Waals surface area contributed by atoms with Crippen LogP contribution in [0.25, 0.3) is 0 Å². The first-order valence-corrected chi connectivity index (χ1v) is 18.5. The summed E-state index contributed by atoms with van der Waals surface area (Å²) in [5.74, 6) is 1.12. The summed E-state index contributed by atoms with van der Waals surface area (Å²) in [6.07, 6.45) is 6.52. The molecule has 0 bridgehead atoms. The number of carbonyl (C=O) groups is 3. The highest BCUT2D eigenvalue weighted by atomic mass is 16.6. The molecule has 55 heavy (non-hydrogen) atoms. The SMILES string of the molecule is COc1cc2c(cc1OCCCCCOc1cc3c(cc1OC)C(=O)N1C=C(C)C[C@H]1[C@H](O)N3C(=O)OCc1ccc(C)cc1)N=C[C@@H]1CC(C)=CN1C2=O. The number of carbonyl (C=O) groups excluding carboxylic acids is 3. The van der Waals surface area contributed by atoms with Crippen LogP contribution in [0.1, 0.15) is 77.8 Å². The maximum atomic E-state index is 13.9. The first-order chi connectivity index (χ1) is 26.6. The fourth-order valence-electron chi connectivity index (χ4n) is 7.32. The molecule has 0 fully saturated rings. The molecule has 0 saturated carbocycles. The van der Waals surface area contributed by atoms with Crippen LogP contribution >= 0.6 is 0 Å². The number of rotatable bonds is 12. The fraction of sp³-hybridized carbons (Fsp3) is 0.381. The molecule has 0 spiro atoms. The first kappa shape index (κ1) is 37.5. The number of benzene rings is 3. The molecule has 13 nitrogen and oxygen atoms in total. The van der Waals surface area contributed by atoms with E-state index in [0.29, 0.717) is 66.7 Å². The Balaban J connectivity index is 1.00. The Bertz CT molecular complexity index is 2080. The van der Waals surface area contributed by atoms with Crippen LogP contribution < -0.4 is 23.8 Å². The second-order valence-electron chi connectivity index (χ2n) is 14.3. The second kappa shape index (κ2) is 15.9. The van der Waals surface area contributed by atoms with E-state index in [0.717, 1.165) is 40.0 Å². The van der Waals surface area contributed by atoms with Gasteiger partial charge in [0.1, 0.15) is 6.61 Å². The molecule has 0 unspecified atom stereocenters. The van der Waals surface area contributed by atoms with Gasteiger partial charge in [0.2, 0.25) is 0 Å². The molecule has 4 aliphatic heterocycles. The van der Waals surface area contributed by atoms with Crippen molar-refractivity contribution in [3.05, 3.63) is 94.3 Å². The fourth-order valence-corrected chi connectivity index (χ4v) is 7.32. The lowest BCUT2D eigenvalue weighted by Crippen LogP contribution is -2.50. The number of aliphatic hydroxyl groups excluding tert-OH is 1. The highest BCUT2D eigenvalue weighted by molar-refractivity contribution is 6.06. The predicted octanol–water partition coefficient (Wildman–Crippen LogP) is 7.07. The summed E-state index contributed by atoms with van der Waals surface area (Å²) >= 11 is 0. The van der Waals surface area contributed by atoms with Crippen LogP contribution in [-0.4, -0.2) is 84.8 Å². The van der Waals surface area contributed by atoms with Crippen molar-refractivity contribution in [1.82, 2.24) is 9.80 Å². The maximum absolute atomic E-state index is 13.9. The Labute approximate surface area is 320 Å². The molecule has 4 aliphatic rings. The average Bonchev–Trinajstić information content (AvgIpc) is 3.72. The summed E-state index contributed by atoms with van der Waals surface area (Å²) in [6, 6.07) is 13.4. The molecule has 1 N–H and O–H groups in total. The van der Waals surface area contributed by atoms with Crippen LogP contribution in [0.15, 0.2) is 77.1 Å². The van der Waals surface area contributed by atoms with E-state index in [1.54, 1.807) is 42.5 Å². The Morgan fingerprint density at radius 3 is 2.09 bits per heavy atom. The van der Waals surface area contributed by atoms with Crippen molar-refractivity contribution in [2.45, 2.75) is 77.8 Å². The van der Waals surface area contributed by atoms with Crippen LogP contribution in [0, 0.1) is 6.92 Å². The van der Waals surface area contributed by atoms with Crippen molar-refractivity contribution >= 4 is 35.5 Å². The summed E-state index contributed by atoms with van der Waals surface area (Å²) in [7, 11) is 3.03. The van der Waals surface area contributed by atoms with Crippen LogP contribution in [-0.2, 0) is 11.3 Å². The van der Waals surface area contributed by atoms with Gasteiger partial charge in [-0.1, -0.05) is 41.0 Å². The molecule has 13 heteroatoms.